The van der Waals surface area contributed by atoms with E-state index in [4.69, 9.17) is 4.99 Å². The van der Waals surface area contributed by atoms with Crippen LogP contribution < -0.4 is 0 Å². The Morgan fingerprint density at radius 3 is 1.79 bits per heavy atom. The quantitative estimate of drug-likeness (QED) is 0.211. The van der Waals surface area contributed by atoms with Crippen LogP contribution in [0.3, 0.4) is 0 Å². The fourth-order valence-electron chi connectivity index (χ4n) is 6.80. The number of benzene rings is 5. The number of hydrogen-bond acceptors (Lipinski definition) is 1. The summed E-state index contributed by atoms with van der Waals surface area (Å²) in [5, 5.41) is 5.09. The van der Waals surface area contributed by atoms with Gasteiger partial charge in [0.15, 0.2) is 0 Å². The van der Waals surface area contributed by atoms with Crippen molar-refractivity contribution < 1.29 is 0 Å². The van der Waals surface area contributed by atoms with E-state index in [2.05, 4.69) is 138 Å². The van der Waals surface area contributed by atoms with E-state index in [0.29, 0.717) is 0 Å². The number of nitrogens with zero attached hydrogens (tertiary/aromatic N) is 3. The summed E-state index contributed by atoms with van der Waals surface area (Å²) in [6.45, 7) is 4.49. The highest BCUT2D eigenvalue weighted by Crippen LogP contribution is 2.39. The number of rotatable bonds is 4. The lowest BCUT2D eigenvalue weighted by atomic mass is 10.1. The largest absolute Gasteiger partial charge is 0.309 e. The van der Waals surface area contributed by atoms with Crippen molar-refractivity contribution in [2.75, 3.05) is 0 Å². The lowest BCUT2D eigenvalue weighted by molar-refractivity contribution is 1.01. The lowest BCUT2D eigenvalue weighted by Crippen LogP contribution is -2.14. The molecular weight excluding hydrogens is 510 g/mol. The molecule has 0 unspecified atom stereocenters. The standard InChI is InChI=1S/C39H33N3/c1-3-26-21-27(4-2)23-29(22-26)41-35-18-10-8-15-30(35)32-25-38-33(24-37(32)41)31-16-9-11-19-36(31)42(38)39-20-12-17-34(40-39)28-13-6-5-7-14-28/h5-11,13-19,21-25H,3-4,12,20H2,1-2H3. The first kappa shape index (κ1) is 24.9. The Morgan fingerprint density at radius 2 is 1.14 bits per heavy atom. The molecule has 0 radical (unpaired) electrons. The highest BCUT2D eigenvalue weighted by atomic mass is 15.1. The molecule has 3 heterocycles. The molecule has 3 nitrogen and oxygen atoms in total. The molecule has 0 spiro atoms. The molecule has 5 aromatic carbocycles. The zero-order valence-electron chi connectivity index (χ0n) is 24.1. The number of fused-ring (bicyclic) bond motifs is 6. The summed E-state index contributed by atoms with van der Waals surface area (Å²) in [6.07, 6.45) is 6.21. The zero-order chi connectivity index (χ0) is 28.2. The number of aryl methyl sites for hydroxylation is 2. The van der Waals surface area contributed by atoms with Crippen molar-refractivity contribution in [3.63, 3.8) is 0 Å². The van der Waals surface area contributed by atoms with Crippen LogP contribution in [0.2, 0.25) is 0 Å². The minimum atomic E-state index is 0.910. The van der Waals surface area contributed by atoms with E-state index in [1.807, 2.05) is 0 Å². The van der Waals surface area contributed by atoms with Gasteiger partial charge in [0.25, 0.3) is 0 Å². The van der Waals surface area contributed by atoms with E-state index in [9.17, 15) is 0 Å². The van der Waals surface area contributed by atoms with Gasteiger partial charge in [0.1, 0.15) is 5.84 Å². The summed E-state index contributed by atoms with van der Waals surface area (Å²) in [5.41, 5.74) is 11.2. The molecule has 0 bridgehead atoms. The number of hydrogen-bond donors (Lipinski definition) is 0. The molecule has 0 aliphatic carbocycles. The maximum absolute atomic E-state index is 5.26. The Bertz CT molecular complexity index is 2180. The van der Waals surface area contributed by atoms with E-state index in [1.165, 1.54) is 66.0 Å². The third-order valence-electron chi connectivity index (χ3n) is 8.86. The summed E-state index contributed by atoms with van der Waals surface area (Å²) >= 11 is 0. The van der Waals surface area contributed by atoms with E-state index in [-0.39, 0.29) is 0 Å². The zero-order valence-corrected chi connectivity index (χ0v) is 24.1. The monoisotopic (exact) mass is 543 g/mol. The summed E-state index contributed by atoms with van der Waals surface area (Å²) in [6, 6.07) is 40.1. The average molecular weight is 544 g/mol. The van der Waals surface area contributed by atoms with Gasteiger partial charge in [-0.05, 0) is 72.4 Å². The Hall–Kier alpha value is -4.89. The Labute approximate surface area is 246 Å². The molecular formula is C39H33N3. The van der Waals surface area contributed by atoms with E-state index in [0.717, 1.165) is 37.2 Å². The van der Waals surface area contributed by atoms with Crippen LogP contribution in [-0.4, -0.2) is 15.0 Å². The molecule has 8 rings (SSSR count). The summed E-state index contributed by atoms with van der Waals surface area (Å²) in [4.78, 5) is 5.26. The van der Waals surface area contributed by atoms with Crippen LogP contribution in [0, 0.1) is 0 Å². The van der Waals surface area contributed by atoms with Gasteiger partial charge in [-0.3, -0.25) is 4.57 Å². The Kier molecular flexibility index (Phi) is 5.85. The molecule has 0 saturated heterocycles. The van der Waals surface area contributed by atoms with Gasteiger partial charge in [0.2, 0.25) is 0 Å². The highest BCUT2D eigenvalue weighted by Gasteiger charge is 2.21. The van der Waals surface area contributed by atoms with Gasteiger partial charge in [-0.25, -0.2) is 4.99 Å². The molecule has 0 fully saturated rings. The minimum absolute atomic E-state index is 0.910. The van der Waals surface area contributed by atoms with Gasteiger partial charge in [-0.1, -0.05) is 92.7 Å². The van der Waals surface area contributed by atoms with Crippen LogP contribution in [-0.2, 0) is 12.8 Å². The molecule has 42 heavy (non-hydrogen) atoms. The second-order valence-electron chi connectivity index (χ2n) is 11.3. The second kappa shape index (κ2) is 9.88. The normalized spacial score (nSPS) is 13.8. The molecule has 2 aromatic heterocycles. The van der Waals surface area contributed by atoms with Crippen LogP contribution in [0.15, 0.2) is 120 Å². The SMILES string of the molecule is CCc1cc(CC)cc(-n2c3ccccc3c3cc4c(cc32)c2ccccc2n4C2=NC(c3ccccc3)=CCC2)c1. The molecule has 0 amide bonds. The third-order valence-corrected chi connectivity index (χ3v) is 8.86. The first-order valence-electron chi connectivity index (χ1n) is 15.2. The molecule has 3 heteroatoms. The molecule has 1 aliphatic rings. The molecule has 204 valence electrons. The van der Waals surface area contributed by atoms with Crippen molar-refractivity contribution in [1.82, 2.24) is 9.13 Å². The summed E-state index contributed by atoms with van der Waals surface area (Å²) in [7, 11) is 0. The van der Waals surface area contributed by atoms with Crippen molar-refractivity contribution in [2.24, 2.45) is 4.99 Å². The van der Waals surface area contributed by atoms with Crippen molar-refractivity contribution >= 4 is 55.1 Å². The Balaban J connectivity index is 1.44. The molecule has 7 aromatic rings. The highest BCUT2D eigenvalue weighted by molar-refractivity contribution is 6.21. The van der Waals surface area contributed by atoms with Crippen molar-refractivity contribution in [3.8, 4) is 5.69 Å². The summed E-state index contributed by atoms with van der Waals surface area (Å²) < 4.78 is 4.89. The number of para-hydroxylation sites is 2. The van der Waals surface area contributed by atoms with Crippen LogP contribution in [0.5, 0.6) is 0 Å². The fraction of sp³-hybridized carbons (Fsp3) is 0.154. The van der Waals surface area contributed by atoms with E-state index >= 15 is 0 Å². The van der Waals surface area contributed by atoms with Gasteiger partial charge in [-0.15, -0.1) is 0 Å². The van der Waals surface area contributed by atoms with E-state index in [1.54, 1.807) is 0 Å². The van der Waals surface area contributed by atoms with E-state index < -0.39 is 0 Å². The Morgan fingerprint density at radius 1 is 0.571 bits per heavy atom. The predicted molar refractivity (Wildman–Crippen MR) is 179 cm³/mol. The lowest BCUT2D eigenvalue weighted by Gasteiger charge is -2.16. The molecule has 0 saturated carbocycles. The molecule has 0 atom stereocenters. The van der Waals surface area contributed by atoms with Crippen molar-refractivity contribution in [2.45, 2.75) is 39.5 Å². The second-order valence-corrected chi connectivity index (χ2v) is 11.3. The number of aliphatic imine (C=N–C) groups is 1. The molecule has 0 N–H and O–H groups in total. The topological polar surface area (TPSA) is 22.2 Å². The first-order chi connectivity index (χ1) is 20.7. The van der Waals surface area contributed by atoms with Gasteiger partial charge in [0, 0.05) is 33.7 Å². The smallest absolute Gasteiger partial charge is 0.114 e. The van der Waals surface area contributed by atoms with Crippen molar-refractivity contribution in [3.05, 3.63) is 132 Å². The number of aromatic nitrogens is 2. The average Bonchev–Trinajstić information content (AvgIpc) is 3.56. The van der Waals surface area contributed by atoms with Crippen LogP contribution in [0.1, 0.15) is 43.4 Å². The fourth-order valence-corrected chi connectivity index (χ4v) is 6.80. The van der Waals surface area contributed by atoms with Crippen LogP contribution >= 0.6 is 0 Å². The summed E-state index contributed by atoms with van der Waals surface area (Å²) in [5.74, 6) is 1.11. The van der Waals surface area contributed by atoms with Gasteiger partial charge in [0.05, 0.1) is 27.8 Å². The number of allylic oxidation sites excluding steroid dienone is 1. The van der Waals surface area contributed by atoms with Gasteiger partial charge in [-0.2, -0.15) is 0 Å². The van der Waals surface area contributed by atoms with Crippen LogP contribution in [0.25, 0.3) is 55.0 Å². The maximum Gasteiger partial charge on any atom is 0.114 e. The minimum Gasteiger partial charge on any atom is -0.309 e. The predicted octanol–water partition coefficient (Wildman–Crippen LogP) is 10.1. The molecule has 1 aliphatic heterocycles. The maximum atomic E-state index is 5.26. The van der Waals surface area contributed by atoms with Crippen molar-refractivity contribution in [1.29, 1.82) is 0 Å². The van der Waals surface area contributed by atoms with Gasteiger partial charge >= 0.3 is 0 Å². The first-order valence-corrected chi connectivity index (χ1v) is 15.2. The third kappa shape index (κ3) is 3.84. The van der Waals surface area contributed by atoms with Gasteiger partial charge < -0.3 is 4.57 Å². The van der Waals surface area contributed by atoms with Crippen LogP contribution in [0.4, 0.5) is 0 Å².